The van der Waals surface area contributed by atoms with E-state index in [-0.39, 0.29) is 6.09 Å². The van der Waals surface area contributed by atoms with Crippen LogP contribution in [-0.4, -0.2) is 41.9 Å². The minimum atomic E-state index is -0.214. The number of carbonyl (C=O) groups excluding carboxylic acids is 1. The standard InChI is InChI=1S/C14H21N3O3/c1-2-19-14(18)17-6-5-11(9-17)15-8-12-7-13(20-16-12)10-3-4-10/h7,10-11,15H,2-6,8-9H2,1H3/t11-/m1/s1. The smallest absolute Gasteiger partial charge is 0.409 e. The highest BCUT2D eigenvalue weighted by Gasteiger charge is 2.29. The molecule has 1 aliphatic carbocycles. The van der Waals surface area contributed by atoms with Crippen molar-refractivity contribution in [2.45, 2.75) is 44.7 Å². The molecule has 3 rings (SSSR count). The molecule has 1 amide bonds. The maximum atomic E-state index is 11.6. The van der Waals surface area contributed by atoms with E-state index in [1.54, 1.807) is 4.90 Å². The third-order valence-corrected chi connectivity index (χ3v) is 3.84. The monoisotopic (exact) mass is 279 g/mol. The first-order chi connectivity index (χ1) is 9.76. The molecule has 0 spiro atoms. The number of ether oxygens (including phenoxy) is 1. The predicted molar refractivity (Wildman–Crippen MR) is 72.3 cm³/mol. The van der Waals surface area contributed by atoms with Crippen molar-refractivity contribution in [1.82, 2.24) is 15.4 Å². The molecule has 20 heavy (non-hydrogen) atoms. The lowest BCUT2D eigenvalue weighted by atomic mass is 10.2. The Morgan fingerprint density at radius 1 is 1.55 bits per heavy atom. The first-order valence-electron chi connectivity index (χ1n) is 7.37. The van der Waals surface area contributed by atoms with Crippen LogP contribution < -0.4 is 5.32 Å². The zero-order valence-electron chi connectivity index (χ0n) is 11.8. The average Bonchev–Trinajstić information content (AvgIpc) is 3.01. The molecule has 1 aromatic heterocycles. The highest BCUT2D eigenvalue weighted by Crippen LogP contribution is 2.40. The van der Waals surface area contributed by atoms with Gasteiger partial charge in [0, 0.05) is 37.7 Å². The number of nitrogens with one attached hydrogen (secondary N) is 1. The van der Waals surface area contributed by atoms with Crippen molar-refractivity contribution in [3.63, 3.8) is 0 Å². The number of rotatable bonds is 5. The van der Waals surface area contributed by atoms with E-state index < -0.39 is 0 Å². The molecule has 1 saturated carbocycles. The molecule has 0 unspecified atom stereocenters. The van der Waals surface area contributed by atoms with Crippen molar-refractivity contribution in [3.05, 3.63) is 17.5 Å². The van der Waals surface area contributed by atoms with Gasteiger partial charge in [-0.3, -0.25) is 0 Å². The molecule has 1 aromatic rings. The summed E-state index contributed by atoms with van der Waals surface area (Å²) in [6.45, 7) is 4.40. The molecule has 1 saturated heterocycles. The number of likely N-dealkylation sites (tertiary alicyclic amines) is 1. The Bertz CT molecular complexity index is 470. The molecule has 2 fully saturated rings. The van der Waals surface area contributed by atoms with Crippen molar-refractivity contribution >= 4 is 6.09 Å². The third-order valence-electron chi connectivity index (χ3n) is 3.84. The van der Waals surface area contributed by atoms with Gasteiger partial charge in [0.25, 0.3) is 0 Å². The molecule has 0 aromatic carbocycles. The zero-order valence-corrected chi connectivity index (χ0v) is 11.8. The molecule has 1 N–H and O–H groups in total. The second kappa shape index (κ2) is 5.83. The fraction of sp³-hybridized carbons (Fsp3) is 0.714. The van der Waals surface area contributed by atoms with Gasteiger partial charge in [-0.25, -0.2) is 4.79 Å². The van der Waals surface area contributed by atoms with Crippen LogP contribution in [0.15, 0.2) is 10.6 Å². The second-order valence-electron chi connectivity index (χ2n) is 5.51. The summed E-state index contributed by atoms with van der Waals surface area (Å²) in [5.74, 6) is 1.61. The first-order valence-corrected chi connectivity index (χ1v) is 7.37. The van der Waals surface area contributed by atoms with E-state index in [4.69, 9.17) is 9.26 Å². The van der Waals surface area contributed by atoms with Gasteiger partial charge in [-0.15, -0.1) is 0 Å². The summed E-state index contributed by atoms with van der Waals surface area (Å²) in [5.41, 5.74) is 0.946. The highest BCUT2D eigenvalue weighted by molar-refractivity contribution is 5.68. The van der Waals surface area contributed by atoms with E-state index in [0.29, 0.717) is 31.7 Å². The number of carbonyl (C=O) groups is 1. The van der Waals surface area contributed by atoms with Gasteiger partial charge in [-0.05, 0) is 26.2 Å². The average molecular weight is 279 g/mol. The van der Waals surface area contributed by atoms with Crippen molar-refractivity contribution in [2.24, 2.45) is 0 Å². The fourth-order valence-electron chi connectivity index (χ4n) is 2.53. The molecular formula is C14H21N3O3. The lowest BCUT2D eigenvalue weighted by Gasteiger charge is -2.15. The summed E-state index contributed by atoms with van der Waals surface area (Å²) in [7, 11) is 0. The number of hydrogen-bond donors (Lipinski definition) is 1. The number of nitrogens with zero attached hydrogens (tertiary/aromatic N) is 2. The van der Waals surface area contributed by atoms with Crippen LogP contribution in [0.25, 0.3) is 0 Å². The number of hydrogen-bond acceptors (Lipinski definition) is 5. The van der Waals surface area contributed by atoms with Gasteiger partial charge in [-0.2, -0.15) is 0 Å². The lowest BCUT2D eigenvalue weighted by Crippen LogP contribution is -2.35. The minimum Gasteiger partial charge on any atom is -0.450 e. The molecule has 2 heterocycles. The number of amides is 1. The van der Waals surface area contributed by atoms with Gasteiger partial charge < -0.3 is 19.5 Å². The Labute approximate surface area is 118 Å². The summed E-state index contributed by atoms with van der Waals surface area (Å²) in [6, 6.07) is 2.35. The van der Waals surface area contributed by atoms with Crippen molar-refractivity contribution in [2.75, 3.05) is 19.7 Å². The normalized spacial score (nSPS) is 22.2. The van der Waals surface area contributed by atoms with E-state index in [2.05, 4.69) is 10.5 Å². The molecule has 110 valence electrons. The van der Waals surface area contributed by atoms with E-state index in [1.165, 1.54) is 12.8 Å². The van der Waals surface area contributed by atoms with Crippen LogP contribution in [0.1, 0.15) is 43.6 Å². The first kappa shape index (κ1) is 13.4. The van der Waals surface area contributed by atoms with Crippen molar-refractivity contribution in [1.29, 1.82) is 0 Å². The molecule has 2 aliphatic rings. The summed E-state index contributed by atoms with van der Waals surface area (Å²) in [4.78, 5) is 13.3. The van der Waals surface area contributed by atoms with E-state index in [1.807, 2.05) is 13.0 Å². The van der Waals surface area contributed by atoms with Gasteiger partial charge in [0.05, 0.1) is 12.3 Å². The Morgan fingerprint density at radius 2 is 2.40 bits per heavy atom. The lowest BCUT2D eigenvalue weighted by molar-refractivity contribution is 0.115. The van der Waals surface area contributed by atoms with Crippen LogP contribution in [0, 0.1) is 0 Å². The maximum Gasteiger partial charge on any atom is 0.409 e. The second-order valence-corrected chi connectivity index (χ2v) is 5.51. The minimum absolute atomic E-state index is 0.214. The summed E-state index contributed by atoms with van der Waals surface area (Å²) < 4.78 is 10.3. The van der Waals surface area contributed by atoms with Crippen LogP contribution in [0.3, 0.4) is 0 Å². The van der Waals surface area contributed by atoms with Gasteiger partial charge >= 0.3 is 6.09 Å². The summed E-state index contributed by atoms with van der Waals surface area (Å²) in [5, 5.41) is 7.50. The Hall–Kier alpha value is -1.56. The van der Waals surface area contributed by atoms with Crippen LogP contribution in [0.5, 0.6) is 0 Å². The van der Waals surface area contributed by atoms with Crippen LogP contribution in [-0.2, 0) is 11.3 Å². The molecule has 1 atom stereocenters. The van der Waals surface area contributed by atoms with Crippen molar-refractivity contribution in [3.8, 4) is 0 Å². The molecule has 0 bridgehead atoms. The van der Waals surface area contributed by atoms with Crippen molar-refractivity contribution < 1.29 is 14.1 Å². The molecule has 6 nitrogen and oxygen atoms in total. The fourth-order valence-corrected chi connectivity index (χ4v) is 2.53. The Balaban J connectivity index is 1.43. The SMILES string of the molecule is CCOC(=O)N1CC[C@@H](NCc2cc(C3CC3)on2)C1. The third kappa shape index (κ3) is 3.12. The summed E-state index contributed by atoms with van der Waals surface area (Å²) in [6.07, 6.45) is 3.18. The maximum absolute atomic E-state index is 11.6. The quantitative estimate of drug-likeness (QED) is 0.891. The molecule has 6 heteroatoms. The highest BCUT2D eigenvalue weighted by atomic mass is 16.6. The van der Waals surface area contributed by atoms with E-state index >= 15 is 0 Å². The molecular weight excluding hydrogens is 258 g/mol. The van der Waals surface area contributed by atoms with Gasteiger partial charge in [0.2, 0.25) is 0 Å². The topological polar surface area (TPSA) is 67.6 Å². The molecule has 0 radical (unpaired) electrons. The van der Waals surface area contributed by atoms with Crippen LogP contribution >= 0.6 is 0 Å². The van der Waals surface area contributed by atoms with E-state index in [0.717, 1.165) is 24.4 Å². The van der Waals surface area contributed by atoms with Gasteiger partial charge in [-0.1, -0.05) is 5.16 Å². The van der Waals surface area contributed by atoms with E-state index in [9.17, 15) is 4.79 Å². The predicted octanol–water partition coefficient (Wildman–Crippen LogP) is 1.87. The molecule has 1 aliphatic heterocycles. The van der Waals surface area contributed by atoms with Gasteiger partial charge in [0.15, 0.2) is 0 Å². The van der Waals surface area contributed by atoms with Crippen LogP contribution in [0.2, 0.25) is 0 Å². The van der Waals surface area contributed by atoms with Gasteiger partial charge in [0.1, 0.15) is 5.76 Å². The Morgan fingerprint density at radius 3 is 3.15 bits per heavy atom. The largest absolute Gasteiger partial charge is 0.450 e. The summed E-state index contributed by atoms with van der Waals surface area (Å²) >= 11 is 0. The number of aromatic nitrogens is 1. The zero-order chi connectivity index (χ0) is 13.9. The Kier molecular flexibility index (Phi) is 3.91. The van der Waals surface area contributed by atoms with Crippen LogP contribution in [0.4, 0.5) is 4.79 Å².